The third kappa shape index (κ3) is 17.1. The van der Waals surface area contributed by atoms with E-state index in [0.29, 0.717) is 0 Å². The summed E-state index contributed by atoms with van der Waals surface area (Å²) < 4.78 is 10.7. The average molecular weight is 282 g/mol. The summed E-state index contributed by atoms with van der Waals surface area (Å²) in [6, 6.07) is 0. The number of hydrogen-bond acceptors (Lipinski definition) is 2. The minimum Gasteiger partial charge on any atom is -0.502 e. The molecule has 0 aromatic heterocycles. The SMILES string of the molecule is CCC=COCCCCCCCCCCOC=CCC. The molecule has 0 amide bonds. The molecular weight excluding hydrogens is 248 g/mol. The van der Waals surface area contributed by atoms with Crippen molar-refractivity contribution in [1.29, 1.82) is 0 Å². The highest BCUT2D eigenvalue weighted by atomic mass is 16.5. The average Bonchev–Trinajstić information content (AvgIpc) is 2.47. The molecule has 20 heavy (non-hydrogen) atoms. The monoisotopic (exact) mass is 282 g/mol. The predicted molar refractivity (Wildman–Crippen MR) is 87.7 cm³/mol. The Kier molecular flexibility index (Phi) is 17.2. The van der Waals surface area contributed by atoms with E-state index >= 15 is 0 Å². The molecule has 0 heterocycles. The Labute approximate surface area is 126 Å². The minimum absolute atomic E-state index is 0.874. The third-order valence-corrected chi connectivity index (χ3v) is 3.13. The Hall–Kier alpha value is -0.920. The van der Waals surface area contributed by atoms with Gasteiger partial charge >= 0.3 is 0 Å². The van der Waals surface area contributed by atoms with E-state index in [1.165, 1.54) is 51.4 Å². The lowest BCUT2D eigenvalue weighted by molar-refractivity contribution is 0.237. The van der Waals surface area contributed by atoms with Crippen molar-refractivity contribution in [3.8, 4) is 0 Å². The van der Waals surface area contributed by atoms with Crippen LogP contribution in [-0.2, 0) is 9.47 Å². The van der Waals surface area contributed by atoms with Crippen molar-refractivity contribution in [2.45, 2.75) is 78.1 Å². The van der Waals surface area contributed by atoms with Crippen molar-refractivity contribution in [2.24, 2.45) is 0 Å². The molecule has 0 radical (unpaired) electrons. The first-order valence-electron chi connectivity index (χ1n) is 8.45. The number of hydrogen-bond donors (Lipinski definition) is 0. The van der Waals surface area contributed by atoms with Crippen LogP contribution in [0.5, 0.6) is 0 Å². The molecule has 0 aliphatic carbocycles. The Morgan fingerprint density at radius 3 is 1.25 bits per heavy atom. The molecule has 2 nitrogen and oxygen atoms in total. The Morgan fingerprint density at radius 2 is 0.900 bits per heavy atom. The minimum atomic E-state index is 0.874. The van der Waals surface area contributed by atoms with Crippen molar-refractivity contribution in [1.82, 2.24) is 0 Å². The number of ether oxygens (including phenoxy) is 2. The second kappa shape index (κ2) is 18.1. The van der Waals surface area contributed by atoms with Gasteiger partial charge in [-0.15, -0.1) is 0 Å². The van der Waals surface area contributed by atoms with Crippen LogP contribution < -0.4 is 0 Å². The van der Waals surface area contributed by atoms with Gasteiger partial charge in [0, 0.05) is 0 Å². The number of unbranched alkanes of at least 4 members (excludes halogenated alkanes) is 7. The topological polar surface area (TPSA) is 18.5 Å². The number of rotatable bonds is 15. The first-order chi connectivity index (χ1) is 9.91. The van der Waals surface area contributed by atoms with Gasteiger partial charge in [-0.05, 0) is 25.7 Å². The summed E-state index contributed by atoms with van der Waals surface area (Å²) in [5, 5.41) is 0. The summed E-state index contributed by atoms with van der Waals surface area (Å²) in [5.41, 5.74) is 0. The summed E-state index contributed by atoms with van der Waals surface area (Å²) >= 11 is 0. The predicted octanol–water partition coefficient (Wildman–Crippen LogP) is 5.99. The lowest BCUT2D eigenvalue weighted by atomic mass is 10.1. The molecule has 0 N–H and O–H groups in total. The molecule has 0 saturated heterocycles. The molecule has 0 spiro atoms. The molecule has 0 saturated carbocycles. The van der Waals surface area contributed by atoms with Gasteiger partial charge in [0.2, 0.25) is 0 Å². The molecule has 118 valence electrons. The van der Waals surface area contributed by atoms with Crippen molar-refractivity contribution in [2.75, 3.05) is 13.2 Å². The molecule has 0 aromatic carbocycles. The molecule has 0 rings (SSSR count). The molecule has 2 heteroatoms. The van der Waals surface area contributed by atoms with Gasteiger partial charge in [0.15, 0.2) is 0 Å². The van der Waals surface area contributed by atoms with Gasteiger partial charge in [0.25, 0.3) is 0 Å². The van der Waals surface area contributed by atoms with Crippen LogP contribution in [0.2, 0.25) is 0 Å². The second-order valence-corrected chi connectivity index (χ2v) is 5.13. The molecule has 0 atom stereocenters. The van der Waals surface area contributed by atoms with Crippen LogP contribution in [0.4, 0.5) is 0 Å². The first kappa shape index (κ1) is 19.1. The summed E-state index contributed by atoms with van der Waals surface area (Å²) in [6.07, 6.45) is 20.3. The van der Waals surface area contributed by atoms with Crippen LogP contribution in [0.3, 0.4) is 0 Å². The lowest BCUT2D eigenvalue weighted by Crippen LogP contribution is -1.89. The van der Waals surface area contributed by atoms with Crippen LogP contribution in [0, 0.1) is 0 Å². The highest BCUT2D eigenvalue weighted by Crippen LogP contribution is 2.08. The molecular formula is C18H34O2. The van der Waals surface area contributed by atoms with E-state index in [-0.39, 0.29) is 0 Å². The number of allylic oxidation sites excluding steroid dienone is 2. The van der Waals surface area contributed by atoms with Gasteiger partial charge in [-0.1, -0.05) is 64.5 Å². The van der Waals surface area contributed by atoms with Crippen molar-refractivity contribution in [3.05, 3.63) is 24.7 Å². The fraction of sp³-hybridized carbons (Fsp3) is 0.778. The van der Waals surface area contributed by atoms with Crippen molar-refractivity contribution < 1.29 is 9.47 Å². The summed E-state index contributed by atoms with van der Waals surface area (Å²) in [6.45, 7) is 5.99. The van der Waals surface area contributed by atoms with Crippen LogP contribution in [0.25, 0.3) is 0 Å². The zero-order valence-corrected chi connectivity index (χ0v) is 13.6. The fourth-order valence-electron chi connectivity index (χ4n) is 1.90. The maximum absolute atomic E-state index is 5.37. The summed E-state index contributed by atoms with van der Waals surface area (Å²) in [7, 11) is 0. The lowest BCUT2D eigenvalue weighted by Gasteiger charge is -2.03. The molecule has 0 bridgehead atoms. The van der Waals surface area contributed by atoms with Crippen molar-refractivity contribution >= 4 is 0 Å². The van der Waals surface area contributed by atoms with Crippen LogP contribution in [0.15, 0.2) is 24.7 Å². The second-order valence-electron chi connectivity index (χ2n) is 5.13. The molecule has 0 aromatic rings. The normalized spacial score (nSPS) is 11.5. The first-order valence-corrected chi connectivity index (χ1v) is 8.45. The van der Waals surface area contributed by atoms with E-state index in [2.05, 4.69) is 26.0 Å². The molecule has 0 unspecified atom stereocenters. The van der Waals surface area contributed by atoms with E-state index in [4.69, 9.17) is 9.47 Å². The maximum atomic E-state index is 5.37. The standard InChI is InChI=1S/C18H34O2/c1-3-5-15-19-17-13-11-9-7-8-10-12-14-18-20-16-6-4-2/h5-6,15-16H,3-4,7-14,17-18H2,1-2H3. The van der Waals surface area contributed by atoms with E-state index in [1.54, 1.807) is 0 Å². The Balaban J connectivity index is 2.99. The molecule has 0 aliphatic heterocycles. The van der Waals surface area contributed by atoms with Gasteiger partial charge in [0.1, 0.15) is 0 Å². The van der Waals surface area contributed by atoms with E-state index in [1.807, 2.05) is 12.5 Å². The van der Waals surface area contributed by atoms with Crippen LogP contribution in [-0.4, -0.2) is 13.2 Å². The van der Waals surface area contributed by atoms with E-state index < -0.39 is 0 Å². The van der Waals surface area contributed by atoms with Gasteiger partial charge in [-0.25, -0.2) is 0 Å². The summed E-state index contributed by atoms with van der Waals surface area (Å²) in [4.78, 5) is 0. The van der Waals surface area contributed by atoms with Crippen molar-refractivity contribution in [3.63, 3.8) is 0 Å². The van der Waals surface area contributed by atoms with Gasteiger partial charge < -0.3 is 9.47 Å². The molecule has 0 fully saturated rings. The summed E-state index contributed by atoms with van der Waals surface area (Å²) in [5.74, 6) is 0. The van der Waals surface area contributed by atoms with E-state index in [0.717, 1.165) is 26.1 Å². The fourth-order valence-corrected chi connectivity index (χ4v) is 1.90. The smallest absolute Gasteiger partial charge is 0.0873 e. The van der Waals surface area contributed by atoms with E-state index in [9.17, 15) is 0 Å². The Morgan fingerprint density at radius 1 is 0.550 bits per heavy atom. The van der Waals surface area contributed by atoms with Crippen LogP contribution >= 0.6 is 0 Å². The van der Waals surface area contributed by atoms with Gasteiger partial charge in [-0.2, -0.15) is 0 Å². The third-order valence-electron chi connectivity index (χ3n) is 3.13. The highest BCUT2D eigenvalue weighted by molar-refractivity contribution is 4.70. The largest absolute Gasteiger partial charge is 0.502 e. The quantitative estimate of drug-likeness (QED) is 0.271. The van der Waals surface area contributed by atoms with Gasteiger partial charge in [0.05, 0.1) is 25.7 Å². The van der Waals surface area contributed by atoms with Crippen LogP contribution in [0.1, 0.15) is 78.1 Å². The zero-order valence-electron chi connectivity index (χ0n) is 13.6. The maximum Gasteiger partial charge on any atom is 0.0873 e. The molecule has 0 aliphatic rings. The zero-order chi connectivity index (χ0) is 14.7. The highest BCUT2D eigenvalue weighted by Gasteiger charge is 1.92. The Bertz CT molecular complexity index is 197. The van der Waals surface area contributed by atoms with Gasteiger partial charge in [-0.3, -0.25) is 0 Å².